The quantitative estimate of drug-likeness (QED) is 0.368. The van der Waals surface area contributed by atoms with Gasteiger partial charge in [0.2, 0.25) is 11.1 Å². The van der Waals surface area contributed by atoms with Crippen molar-refractivity contribution in [3.8, 4) is 17.2 Å². The highest BCUT2D eigenvalue weighted by Gasteiger charge is 2.31. The van der Waals surface area contributed by atoms with Crippen molar-refractivity contribution in [2.75, 3.05) is 19.9 Å². The van der Waals surface area contributed by atoms with Gasteiger partial charge >= 0.3 is 6.36 Å². The monoisotopic (exact) mass is 471 g/mol. The van der Waals surface area contributed by atoms with Gasteiger partial charge in [0.1, 0.15) is 5.75 Å². The maximum absolute atomic E-state index is 13.8. The summed E-state index contributed by atoms with van der Waals surface area (Å²) in [6, 6.07) is 9.41. The number of nitrogens with zero attached hydrogens (tertiary/aromatic N) is 5. The molecule has 0 aliphatic carbocycles. The second-order valence-corrected chi connectivity index (χ2v) is 7.36. The second kappa shape index (κ2) is 9.85. The zero-order chi connectivity index (χ0) is 23.3. The normalized spacial score (nSPS) is 11.3. The summed E-state index contributed by atoms with van der Waals surface area (Å²) in [5, 5.41) is 11.5. The summed E-state index contributed by atoms with van der Waals surface area (Å²) in [6.45, 7) is 0.186. The fourth-order valence-corrected chi connectivity index (χ4v) is 3.46. The molecule has 0 saturated carbocycles. The van der Waals surface area contributed by atoms with Crippen molar-refractivity contribution in [1.29, 1.82) is 0 Å². The molecule has 0 N–H and O–H groups in total. The standard InChI is InChI=1S/C19H17F4N5O3S/c1-27(10-12-3-8-16(30-2)15(20)9-12)17(29)11-32-18-24-25-26-28(18)13-4-6-14(7-5-13)31-19(21,22)23/h3-9H,10-11H2,1-2H3. The molecule has 0 aliphatic heterocycles. The number of amides is 1. The van der Waals surface area contributed by atoms with Crippen LogP contribution in [0.3, 0.4) is 0 Å². The maximum atomic E-state index is 13.8. The van der Waals surface area contributed by atoms with Gasteiger partial charge in [0.05, 0.1) is 18.6 Å². The number of methoxy groups -OCH3 is 1. The Labute approximate surface area is 184 Å². The van der Waals surface area contributed by atoms with Crippen molar-refractivity contribution >= 4 is 17.7 Å². The van der Waals surface area contributed by atoms with Crippen LogP contribution >= 0.6 is 11.8 Å². The molecule has 170 valence electrons. The topological polar surface area (TPSA) is 82.4 Å². The first-order valence-electron chi connectivity index (χ1n) is 9.00. The lowest BCUT2D eigenvalue weighted by molar-refractivity contribution is -0.274. The molecule has 0 aliphatic rings. The number of ether oxygens (including phenoxy) is 2. The van der Waals surface area contributed by atoms with Gasteiger partial charge in [-0.3, -0.25) is 4.79 Å². The van der Waals surface area contributed by atoms with Gasteiger partial charge in [-0.1, -0.05) is 17.8 Å². The molecule has 1 heterocycles. The lowest BCUT2D eigenvalue weighted by atomic mass is 10.2. The minimum Gasteiger partial charge on any atom is -0.494 e. The molecular weight excluding hydrogens is 454 g/mol. The molecule has 1 aromatic heterocycles. The fraction of sp³-hybridized carbons (Fsp3) is 0.263. The summed E-state index contributed by atoms with van der Waals surface area (Å²) in [4.78, 5) is 13.9. The van der Waals surface area contributed by atoms with Crippen LogP contribution in [0.15, 0.2) is 47.6 Å². The highest BCUT2D eigenvalue weighted by molar-refractivity contribution is 7.99. The lowest BCUT2D eigenvalue weighted by Crippen LogP contribution is -2.28. The Kier molecular flexibility index (Phi) is 7.18. The molecule has 1 amide bonds. The number of carbonyl (C=O) groups excluding carboxylic acids is 1. The number of benzene rings is 2. The van der Waals surface area contributed by atoms with E-state index in [0.29, 0.717) is 11.3 Å². The van der Waals surface area contributed by atoms with E-state index in [-0.39, 0.29) is 34.9 Å². The average Bonchev–Trinajstić information content (AvgIpc) is 3.20. The summed E-state index contributed by atoms with van der Waals surface area (Å²) >= 11 is 1.05. The molecule has 0 bridgehead atoms. The largest absolute Gasteiger partial charge is 0.573 e. The number of alkyl halides is 3. The van der Waals surface area contributed by atoms with E-state index in [1.54, 1.807) is 13.1 Å². The molecule has 0 spiro atoms. The molecule has 0 unspecified atom stereocenters. The van der Waals surface area contributed by atoms with Crippen molar-refractivity contribution in [3.05, 3.63) is 53.8 Å². The number of thioether (sulfide) groups is 1. The van der Waals surface area contributed by atoms with E-state index in [4.69, 9.17) is 4.74 Å². The molecule has 2 aromatic carbocycles. The number of tetrazole rings is 1. The van der Waals surface area contributed by atoms with E-state index in [0.717, 1.165) is 23.9 Å². The Morgan fingerprint density at radius 1 is 1.19 bits per heavy atom. The van der Waals surface area contributed by atoms with E-state index in [1.165, 1.54) is 41.0 Å². The Morgan fingerprint density at radius 3 is 2.53 bits per heavy atom. The van der Waals surface area contributed by atoms with Crippen LogP contribution in [-0.4, -0.2) is 57.3 Å². The van der Waals surface area contributed by atoms with Crippen molar-refractivity contribution in [2.24, 2.45) is 0 Å². The van der Waals surface area contributed by atoms with Gasteiger partial charge in [0.25, 0.3) is 0 Å². The lowest BCUT2D eigenvalue weighted by Gasteiger charge is -2.17. The minimum atomic E-state index is -4.79. The zero-order valence-corrected chi connectivity index (χ0v) is 17.7. The second-order valence-electron chi connectivity index (χ2n) is 6.42. The molecule has 0 saturated heterocycles. The third-order valence-electron chi connectivity index (χ3n) is 4.14. The molecule has 3 rings (SSSR count). The highest BCUT2D eigenvalue weighted by Crippen LogP contribution is 2.25. The van der Waals surface area contributed by atoms with Crippen LogP contribution in [-0.2, 0) is 11.3 Å². The van der Waals surface area contributed by atoms with E-state index < -0.39 is 12.2 Å². The van der Waals surface area contributed by atoms with Gasteiger partial charge in [-0.25, -0.2) is 4.39 Å². The molecule has 32 heavy (non-hydrogen) atoms. The summed E-state index contributed by atoms with van der Waals surface area (Å²) in [7, 11) is 2.94. The van der Waals surface area contributed by atoms with Crippen LogP contribution in [0.4, 0.5) is 17.6 Å². The molecular formula is C19H17F4N5O3S. The zero-order valence-electron chi connectivity index (χ0n) is 16.8. The third kappa shape index (κ3) is 6.09. The number of rotatable bonds is 8. The fourth-order valence-electron chi connectivity index (χ4n) is 2.63. The van der Waals surface area contributed by atoms with Crippen LogP contribution in [0.1, 0.15) is 5.56 Å². The van der Waals surface area contributed by atoms with Crippen LogP contribution in [0, 0.1) is 5.82 Å². The van der Waals surface area contributed by atoms with Crippen molar-refractivity contribution in [3.63, 3.8) is 0 Å². The van der Waals surface area contributed by atoms with Crippen molar-refractivity contribution in [1.82, 2.24) is 25.1 Å². The number of hydrogen-bond acceptors (Lipinski definition) is 7. The van der Waals surface area contributed by atoms with Crippen LogP contribution in [0.25, 0.3) is 5.69 Å². The average molecular weight is 471 g/mol. The molecule has 0 radical (unpaired) electrons. The van der Waals surface area contributed by atoms with E-state index in [1.807, 2.05) is 0 Å². The third-order valence-corrected chi connectivity index (χ3v) is 5.05. The Balaban J connectivity index is 1.60. The Bertz CT molecular complexity index is 1080. The first-order valence-corrected chi connectivity index (χ1v) is 9.98. The van der Waals surface area contributed by atoms with E-state index in [9.17, 15) is 22.4 Å². The van der Waals surface area contributed by atoms with Crippen LogP contribution in [0.5, 0.6) is 11.5 Å². The summed E-state index contributed by atoms with van der Waals surface area (Å²) in [6.07, 6.45) is -4.79. The van der Waals surface area contributed by atoms with Gasteiger partial charge < -0.3 is 14.4 Å². The van der Waals surface area contributed by atoms with Crippen molar-refractivity contribution < 1.29 is 31.8 Å². The number of aromatic nitrogens is 4. The van der Waals surface area contributed by atoms with Gasteiger partial charge in [-0.15, -0.1) is 18.3 Å². The number of carbonyl (C=O) groups is 1. The Hall–Kier alpha value is -3.35. The van der Waals surface area contributed by atoms with Gasteiger partial charge in [-0.2, -0.15) is 4.68 Å². The molecule has 3 aromatic rings. The first-order chi connectivity index (χ1) is 15.2. The van der Waals surface area contributed by atoms with Gasteiger partial charge in [0.15, 0.2) is 11.6 Å². The number of halogens is 4. The SMILES string of the molecule is COc1ccc(CN(C)C(=O)CSc2nnnn2-c2ccc(OC(F)(F)F)cc2)cc1F. The molecule has 0 fully saturated rings. The van der Waals surface area contributed by atoms with E-state index >= 15 is 0 Å². The van der Waals surface area contributed by atoms with Gasteiger partial charge in [0, 0.05) is 13.6 Å². The minimum absolute atomic E-state index is 0.00915. The maximum Gasteiger partial charge on any atom is 0.573 e. The number of hydrogen-bond donors (Lipinski definition) is 0. The molecule has 8 nitrogen and oxygen atoms in total. The predicted molar refractivity (Wildman–Crippen MR) is 106 cm³/mol. The summed E-state index contributed by atoms with van der Waals surface area (Å²) in [5.41, 5.74) is 0.983. The van der Waals surface area contributed by atoms with E-state index in [2.05, 4.69) is 20.3 Å². The van der Waals surface area contributed by atoms with Crippen LogP contribution in [0.2, 0.25) is 0 Å². The van der Waals surface area contributed by atoms with Crippen LogP contribution < -0.4 is 9.47 Å². The molecule has 0 atom stereocenters. The summed E-state index contributed by atoms with van der Waals surface area (Å²) < 4.78 is 60.7. The van der Waals surface area contributed by atoms with Crippen molar-refractivity contribution in [2.45, 2.75) is 18.1 Å². The van der Waals surface area contributed by atoms with Gasteiger partial charge in [-0.05, 0) is 52.4 Å². The predicted octanol–water partition coefficient (Wildman–Crippen LogP) is 3.46. The Morgan fingerprint density at radius 2 is 1.91 bits per heavy atom. The molecule has 13 heteroatoms. The highest BCUT2D eigenvalue weighted by atomic mass is 32.2. The smallest absolute Gasteiger partial charge is 0.494 e. The first kappa shape index (κ1) is 23.3. The summed E-state index contributed by atoms with van der Waals surface area (Å²) in [5.74, 6) is -1.05.